The van der Waals surface area contributed by atoms with Crippen molar-refractivity contribution >= 4 is 32.6 Å². The van der Waals surface area contributed by atoms with Crippen LogP contribution in [0.2, 0.25) is 0 Å². The molecule has 2 aromatic carbocycles. The minimum absolute atomic E-state index is 0.117. The van der Waals surface area contributed by atoms with E-state index in [4.69, 9.17) is 4.98 Å². The molecule has 3 aromatic rings. The fourth-order valence-corrected chi connectivity index (χ4v) is 4.86. The number of aryl methyl sites for hydroxylation is 3. The Morgan fingerprint density at radius 2 is 1.77 bits per heavy atom. The van der Waals surface area contributed by atoms with Gasteiger partial charge in [-0.05, 0) is 56.1 Å². The quantitative estimate of drug-likeness (QED) is 0.463. The van der Waals surface area contributed by atoms with Crippen molar-refractivity contribution in [1.29, 1.82) is 0 Å². The summed E-state index contributed by atoms with van der Waals surface area (Å²) < 4.78 is 1.15. The maximum absolute atomic E-state index is 13.4. The van der Waals surface area contributed by atoms with Crippen LogP contribution >= 0.6 is 11.3 Å². The fraction of sp³-hybridized carbons (Fsp3) is 0.440. The van der Waals surface area contributed by atoms with Crippen LogP contribution in [-0.2, 0) is 17.6 Å². The summed E-state index contributed by atoms with van der Waals surface area (Å²) in [5.41, 5.74) is 5.76. The first kappa shape index (κ1) is 22.4. The van der Waals surface area contributed by atoms with Gasteiger partial charge in [-0.2, -0.15) is 0 Å². The van der Waals surface area contributed by atoms with Crippen molar-refractivity contribution in [2.24, 2.45) is 0 Å². The van der Waals surface area contributed by atoms with E-state index >= 15 is 0 Å². The molecule has 0 bridgehead atoms. The molecule has 4 nitrogen and oxygen atoms in total. The van der Waals surface area contributed by atoms with Crippen molar-refractivity contribution in [2.45, 2.75) is 47.5 Å². The van der Waals surface area contributed by atoms with Gasteiger partial charge in [-0.3, -0.25) is 9.69 Å². The van der Waals surface area contributed by atoms with Gasteiger partial charge < -0.3 is 4.90 Å². The third-order valence-electron chi connectivity index (χ3n) is 5.78. The summed E-state index contributed by atoms with van der Waals surface area (Å²) in [5.74, 6) is 0.117. The first-order chi connectivity index (χ1) is 14.5. The molecule has 0 aliphatic heterocycles. The van der Waals surface area contributed by atoms with Gasteiger partial charge in [0.15, 0.2) is 5.13 Å². The first-order valence-electron chi connectivity index (χ1n) is 10.9. The molecule has 3 rings (SSSR count). The van der Waals surface area contributed by atoms with E-state index in [-0.39, 0.29) is 5.91 Å². The van der Waals surface area contributed by atoms with Crippen molar-refractivity contribution in [1.82, 2.24) is 9.88 Å². The highest BCUT2D eigenvalue weighted by Crippen LogP contribution is 2.31. The lowest BCUT2D eigenvalue weighted by Gasteiger charge is -2.25. The molecule has 5 heteroatoms. The second-order valence-electron chi connectivity index (χ2n) is 7.79. The molecule has 0 spiro atoms. The summed E-state index contributed by atoms with van der Waals surface area (Å²) in [7, 11) is 0. The molecule has 0 unspecified atom stereocenters. The number of amides is 1. The lowest BCUT2D eigenvalue weighted by molar-refractivity contribution is -0.118. The Hall–Kier alpha value is -2.24. The number of nitrogens with zero attached hydrogens (tertiary/aromatic N) is 3. The molecule has 0 fully saturated rings. The number of hydrogen-bond acceptors (Lipinski definition) is 4. The maximum Gasteiger partial charge on any atom is 0.233 e. The van der Waals surface area contributed by atoms with Gasteiger partial charge in [-0.15, -0.1) is 0 Å². The lowest BCUT2D eigenvalue weighted by atomic mass is 10.0. The Morgan fingerprint density at radius 3 is 2.43 bits per heavy atom. The van der Waals surface area contributed by atoms with Crippen LogP contribution in [0.4, 0.5) is 5.13 Å². The van der Waals surface area contributed by atoms with E-state index in [0.29, 0.717) is 13.0 Å². The number of thiazole rings is 1. The average Bonchev–Trinajstić information content (AvgIpc) is 3.17. The molecule has 0 aliphatic rings. The van der Waals surface area contributed by atoms with E-state index in [2.05, 4.69) is 75.9 Å². The number of rotatable bonds is 9. The fourth-order valence-electron chi connectivity index (χ4n) is 3.81. The van der Waals surface area contributed by atoms with Crippen molar-refractivity contribution < 1.29 is 4.79 Å². The van der Waals surface area contributed by atoms with Gasteiger partial charge in [0.1, 0.15) is 0 Å². The summed E-state index contributed by atoms with van der Waals surface area (Å²) >= 11 is 1.62. The minimum atomic E-state index is 0.117. The van der Waals surface area contributed by atoms with Gasteiger partial charge in [0, 0.05) is 13.1 Å². The molecule has 0 aliphatic carbocycles. The number of carbonyl (C=O) groups excluding carboxylic acids is 1. The number of anilines is 1. The van der Waals surface area contributed by atoms with Gasteiger partial charge in [-0.25, -0.2) is 4.98 Å². The van der Waals surface area contributed by atoms with Gasteiger partial charge in [0.05, 0.1) is 16.6 Å². The number of fused-ring (bicyclic) bond motifs is 1. The zero-order chi connectivity index (χ0) is 21.7. The van der Waals surface area contributed by atoms with Crippen LogP contribution in [0.1, 0.15) is 43.0 Å². The van der Waals surface area contributed by atoms with Gasteiger partial charge >= 0.3 is 0 Å². The van der Waals surface area contributed by atoms with Crippen LogP contribution in [0.25, 0.3) is 10.2 Å². The first-order valence-corrected chi connectivity index (χ1v) is 11.8. The summed E-state index contributed by atoms with van der Waals surface area (Å²) in [5, 5.41) is 0.813. The molecule has 0 radical (unpaired) electrons. The third kappa shape index (κ3) is 5.08. The third-order valence-corrected chi connectivity index (χ3v) is 6.82. The molecule has 0 N–H and O–H groups in total. The highest BCUT2D eigenvalue weighted by Gasteiger charge is 2.22. The van der Waals surface area contributed by atoms with Crippen molar-refractivity contribution in [2.75, 3.05) is 31.1 Å². The zero-order valence-electron chi connectivity index (χ0n) is 18.9. The molecule has 160 valence electrons. The molecule has 1 amide bonds. The molecule has 0 saturated carbocycles. The van der Waals surface area contributed by atoms with Crippen LogP contribution in [0.3, 0.4) is 0 Å². The SMILES string of the molecule is CCc1cccc2sc(N(CCN(CC)CC)C(=O)Cc3ccc(C)cc3C)nc12. The largest absolute Gasteiger partial charge is 0.302 e. The normalized spacial score (nSPS) is 11.4. The van der Waals surface area contributed by atoms with E-state index in [0.717, 1.165) is 47.0 Å². The number of hydrogen-bond donors (Lipinski definition) is 0. The van der Waals surface area contributed by atoms with Crippen LogP contribution < -0.4 is 4.90 Å². The van der Waals surface area contributed by atoms with E-state index < -0.39 is 0 Å². The monoisotopic (exact) mass is 423 g/mol. The smallest absolute Gasteiger partial charge is 0.233 e. The second-order valence-corrected chi connectivity index (χ2v) is 8.80. The molecular formula is C25H33N3OS. The molecule has 30 heavy (non-hydrogen) atoms. The van der Waals surface area contributed by atoms with E-state index in [1.54, 1.807) is 11.3 Å². The van der Waals surface area contributed by atoms with Gasteiger partial charge in [0.2, 0.25) is 5.91 Å². The van der Waals surface area contributed by atoms with Gasteiger partial charge in [0.25, 0.3) is 0 Å². The van der Waals surface area contributed by atoms with Gasteiger partial charge in [-0.1, -0.05) is 68.0 Å². The Labute approximate surface area is 184 Å². The summed E-state index contributed by atoms with van der Waals surface area (Å²) in [4.78, 5) is 22.6. The van der Waals surface area contributed by atoms with Crippen LogP contribution in [-0.4, -0.2) is 42.0 Å². The summed E-state index contributed by atoms with van der Waals surface area (Å²) in [6, 6.07) is 12.6. The number of likely N-dealkylation sites (N-methyl/N-ethyl adjacent to an activating group) is 1. The number of aromatic nitrogens is 1. The predicted molar refractivity (Wildman–Crippen MR) is 129 cm³/mol. The zero-order valence-corrected chi connectivity index (χ0v) is 19.7. The topological polar surface area (TPSA) is 36.4 Å². The van der Waals surface area contributed by atoms with Crippen molar-refractivity contribution in [3.05, 3.63) is 58.7 Å². The molecule has 1 heterocycles. The maximum atomic E-state index is 13.4. The van der Waals surface area contributed by atoms with Crippen LogP contribution in [0.5, 0.6) is 0 Å². The summed E-state index contributed by atoms with van der Waals surface area (Å²) in [6.45, 7) is 14.1. The molecule has 0 saturated heterocycles. The molecule has 1 aromatic heterocycles. The predicted octanol–water partition coefficient (Wildman–Crippen LogP) is 5.39. The molecule has 0 atom stereocenters. The Bertz CT molecular complexity index is 1010. The number of benzene rings is 2. The van der Waals surface area contributed by atoms with E-state index in [9.17, 15) is 4.79 Å². The van der Waals surface area contributed by atoms with E-state index in [1.807, 2.05) is 4.90 Å². The Balaban J connectivity index is 1.92. The van der Waals surface area contributed by atoms with Crippen LogP contribution in [0.15, 0.2) is 36.4 Å². The average molecular weight is 424 g/mol. The Kier molecular flexibility index (Phi) is 7.62. The summed E-state index contributed by atoms with van der Waals surface area (Å²) in [6.07, 6.45) is 1.34. The van der Waals surface area contributed by atoms with Crippen molar-refractivity contribution in [3.8, 4) is 0 Å². The van der Waals surface area contributed by atoms with E-state index in [1.165, 1.54) is 16.7 Å². The lowest BCUT2D eigenvalue weighted by Crippen LogP contribution is -2.39. The highest BCUT2D eigenvalue weighted by molar-refractivity contribution is 7.22. The minimum Gasteiger partial charge on any atom is -0.302 e. The van der Waals surface area contributed by atoms with Crippen molar-refractivity contribution in [3.63, 3.8) is 0 Å². The molecular weight excluding hydrogens is 390 g/mol. The standard InChI is InChI=1S/C25H33N3OS/c1-6-20-10-9-11-22-24(20)26-25(30-22)28(15-14-27(7-2)8-3)23(29)17-21-13-12-18(4)16-19(21)5/h9-13,16H,6-8,14-15,17H2,1-5H3. The highest BCUT2D eigenvalue weighted by atomic mass is 32.1. The second kappa shape index (κ2) is 10.2. The Morgan fingerprint density at radius 1 is 1.00 bits per heavy atom. The van der Waals surface area contributed by atoms with Crippen LogP contribution in [0, 0.1) is 13.8 Å². The number of carbonyl (C=O) groups is 1. The number of para-hydroxylation sites is 1.